The largest absolute Gasteiger partial charge is 0.370 e. The fraction of sp³-hybridized carbons (Fsp3) is 0.500. The van der Waals surface area contributed by atoms with Gasteiger partial charge >= 0.3 is 0 Å². The van der Waals surface area contributed by atoms with Gasteiger partial charge < -0.3 is 5.73 Å². The molecule has 0 aliphatic heterocycles. The van der Waals surface area contributed by atoms with Gasteiger partial charge in [0.25, 0.3) is 0 Å². The van der Waals surface area contributed by atoms with Crippen LogP contribution in [0.5, 0.6) is 0 Å². The Morgan fingerprint density at radius 3 is 2.59 bits per heavy atom. The Labute approximate surface area is 107 Å². The van der Waals surface area contributed by atoms with Crippen molar-refractivity contribution in [3.63, 3.8) is 0 Å². The first-order chi connectivity index (χ1) is 8.18. The number of rotatable bonds is 4. The Bertz CT molecular complexity index is 399. The number of primary amides is 1. The van der Waals surface area contributed by atoms with E-state index < -0.39 is 0 Å². The van der Waals surface area contributed by atoms with Gasteiger partial charge in [-0.15, -0.1) is 0 Å². The van der Waals surface area contributed by atoms with Crippen LogP contribution in [0.2, 0.25) is 5.02 Å². The van der Waals surface area contributed by atoms with Crippen LogP contribution in [0.1, 0.15) is 43.6 Å². The van der Waals surface area contributed by atoms with Crippen LogP contribution in [-0.2, 0) is 4.79 Å². The Kier molecular flexibility index (Phi) is 4.06. The van der Waals surface area contributed by atoms with Gasteiger partial charge in [-0.05, 0) is 36.3 Å². The van der Waals surface area contributed by atoms with E-state index in [1.165, 1.54) is 25.7 Å². The lowest BCUT2D eigenvalue weighted by atomic mass is 9.82. The van der Waals surface area contributed by atoms with Crippen molar-refractivity contribution in [3.05, 3.63) is 34.9 Å². The summed E-state index contributed by atoms with van der Waals surface area (Å²) in [5.74, 6) is 0.521. The summed E-state index contributed by atoms with van der Waals surface area (Å²) in [5, 5.41) is 0.755. The zero-order valence-electron chi connectivity index (χ0n) is 9.86. The number of carbonyl (C=O) groups is 1. The quantitative estimate of drug-likeness (QED) is 0.875. The van der Waals surface area contributed by atoms with Gasteiger partial charge in [0.1, 0.15) is 0 Å². The van der Waals surface area contributed by atoms with Gasteiger partial charge in [-0.2, -0.15) is 0 Å². The minimum atomic E-state index is -0.234. The molecule has 0 aromatic heterocycles. The maximum Gasteiger partial charge on any atom is 0.218 e. The molecule has 0 spiro atoms. The predicted molar refractivity (Wildman–Crippen MR) is 70.0 cm³/mol. The highest BCUT2D eigenvalue weighted by Gasteiger charge is 2.28. The topological polar surface area (TPSA) is 43.1 Å². The van der Waals surface area contributed by atoms with Gasteiger partial charge in [0.05, 0.1) is 0 Å². The highest BCUT2D eigenvalue weighted by molar-refractivity contribution is 6.31. The maximum atomic E-state index is 11.2. The van der Waals surface area contributed by atoms with Crippen LogP contribution in [0.25, 0.3) is 0 Å². The van der Waals surface area contributed by atoms with Crippen molar-refractivity contribution in [2.45, 2.75) is 38.0 Å². The summed E-state index contributed by atoms with van der Waals surface area (Å²) in [4.78, 5) is 11.2. The van der Waals surface area contributed by atoms with Crippen molar-refractivity contribution in [1.82, 2.24) is 0 Å². The average Bonchev–Trinajstić information content (AvgIpc) is 2.80. The van der Waals surface area contributed by atoms with E-state index in [0.717, 1.165) is 10.6 Å². The average molecular weight is 252 g/mol. The molecule has 1 unspecified atom stereocenters. The second-order valence-corrected chi connectivity index (χ2v) is 5.25. The third kappa shape index (κ3) is 3.01. The lowest BCUT2D eigenvalue weighted by Gasteiger charge is -2.23. The summed E-state index contributed by atoms with van der Waals surface area (Å²) in [6, 6.07) is 7.81. The molecule has 1 aromatic carbocycles. The first kappa shape index (κ1) is 12.4. The molecule has 17 heavy (non-hydrogen) atoms. The Morgan fingerprint density at radius 2 is 2.00 bits per heavy atom. The first-order valence-corrected chi connectivity index (χ1v) is 6.59. The number of halogens is 1. The summed E-state index contributed by atoms with van der Waals surface area (Å²) in [6.45, 7) is 0. The van der Waals surface area contributed by atoms with E-state index in [0.29, 0.717) is 12.3 Å². The van der Waals surface area contributed by atoms with E-state index in [-0.39, 0.29) is 11.8 Å². The fourth-order valence-electron chi connectivity index (χ4n) is 2.88. The van der Waals surface area contributed by atoms with Gasteiger partial charge in [0.2, 0.25) is 5.91 Å². The summed E-state index contributed by atoms with van der Waals surface area (Å²) in [5.41, 5.74) is 6.45. The molecule has 1 amide bonds. The van der Waals surface area contributed by atoms with E-state index in [1.54, 1.807) is 0 Å². The fourth-order valence-corrected chi connectivity index (χ4v) is 3.16. The molecule has 2 N–H and O–H groups in total. The van der Waals surface area contributed by atoms with Gasteiger partial charge in [0, 0.05) is 11.4 Å². The molecule has 0 saturated heterocycles. The maximum absolute atomic E-state index is 11.2. The molecule has 0 bridgehead atoms. The molecule has 1 aliphatic carbocycles. The van der Waals surface area contributed by atoms with Crippen molar-refractivity contribution < 1.29 is 4.79 Å². The summed E-state index contributed by atoms with van der Waals surface area (Å²) in [7, 11) is 0. The standard InChI is InChI=1S/C14H18ClNO/c15-13-8-4-3-7-11(13)12(9-14(16)17)10-5-1-2-6-10/h3-4,7-8,10,12H,1-2,5-6,9H2,(H2,16,17). The first-order valence-electron chi connectivity index (χ1n) is 6.21. The molecule has 2 rings (SSSR count). The van der Waals surface area contributed by atoms with Gasteiger partial charge in [-0.3, -0.25) is 4.79 Å². The Balaban J connectivity index is 2.25. The van der Waals surface area contributed by atoms with Crippen molar-refractivity contribution in [3.8, 4) is 0 Å². The monoisotopic (exact) mass is 251 g/mol. The third-order valence-corrected chi connectivity index (χ3v) is 4.04. The lowest BCUT2D eigenvalue weighted by molar-refractivity contribution is -0.118. The highest BCUT2D eigenvalue weighted by Crippen LogP contribution is 2.41. The summed E-state index contributed by atoms with van der Waals surface area (Å²) < 4.78 is 0. The molecule has 1 saturated carbocycles. The molecule has 3 heteroatoms. The van der Waals surface area contributed by atoms with Crippen LogP contribution < -0.4 is 5.73 Å². The van der Waals surface area contributed by atoms with Gasteiger partial charge in [-0.25, -0.2) is 0 Å². The zero-order chi connectivity index (χ0) is 12.3. The number of hydrogen-bond acceptors (Lipinski definition) is 1. The van der Waals surface area contributed by atoms with E-state index in [2.05, 4.69) is 0 Å². The van der Waals surface area contributed by atoms with Crippen molar-refractivity contribution in [1.29, 1.82) is 0 Å². The normalized spacial score (nSPS) is 18.2. The number of hydrogen-bond donors (Lipinski definition) is 1. The molecular weight excluding hydrogens is 234 g/mol. The molecule has 2 nitrogen and oxygen atoms in total. The molecular formula is C14H18ClNO. The molecule has 1 atom stereocenters. The van der Waals surface area contributed by atoms with Crippen molar-refractivity contribution in [2.75, 3.05) is 0 Å². The van der Waals surface area contributed by atoms with Crippen LogP contribution in [0, 0.1) is 5.92 Å². The number of benzene rings is 1. The van der Waals surface area contributed by atoms with Gasteiger partial charge in [0.15, 0.2) is 0 Å². The lowest BCUT2D eigenvalue weighted by Crippen LogP contribution is -2.20. The second kappa shape index (κ2) is 5.54. The van der Waals surface area contributed by atoms with E-state index in [1.807, 2.05) is 24.3 Å². The van der Waals surface area contributed by atoms with Crippen LogP contribution in [-0.4, -0.2) is 5.91 Å². The van der Waals surface area contributed by atoms with E-state index >= 15 is 0 Å². The summed E-state index contributed by atoms with van der Waals surface area (Å²) in [6.07, 6.45) is 5.29. The van der Waals surface area contributed by atoms with Crippen molar-refractivity contribution in [2.24, 2.45) is 11.7 Å². The smallest absolute Gasteiger partial charge is 0.218 e. The van der Waals surface area contributed by atoms with Crippen LogP contribution in [0.15, 0.2) is 24.3 Å². The molecule has 0 radical (unpaired) electrons. The molecule has 1 aliphatic rings. The predicted octanol–water partition coefficient (Wildman–Crippen LogP) is 3.49. The molecule has 1 fully saturated rings. The van der Waals surface area contributed by atoms with Crippen molar-refractivity contribution >= 4 is 17.5 Å². The number of amides is 1. The SMILES string of the molecule is NC(=O)CC(c1ccccc1Cl)C1CCCC1. The van der Waals surface area contributed by atoms with E-state index in [9.17, 15) is 4.79 Å². The molecule has 0 heterocycles. The molecule has 92 valence electrons. The Hall–Kier alpha value is -1.02. The Morgan fingerprint density at radius 1 is 1.35 bits per heavy atom. The second-order valence-electron chi connectivity index (χ2n) is 4.84. The highest BCUT2D eigenvalue weighted by atomic mass is 35.5. The number of nitrogens with two attached hydrogens (primary N) is 1. The van der Waals surface area contributed by atoms with Gasteiger partial charge in [-0.1, -0.05) is 42.6 Å². The molecule has 1 aromatic rings. The van der Waals surface area contributed by atoms with Crippen LogP contribution in [0.4, 0.5) is 0 Å². The minimum Gasteiger partial charge on any atom is -0.370 e. The summed E-state index contributed by atoms with van der Waals surface area (Å²) >= 11 is 6.23. The van der Waals surface area contributed by atoms with Crippen LogP contribution in [0.3, 0.4) is 0 Å². The number of carbonyl (C=O) groups excluding carboxylic acids is 1. The third-order valence-electron chi connectivity index (χ3n) is 3.69. The van der Waals surface area contributed by atoms with Crippen LogP contribution >= 0.6 is 11.6 Å². The minimum absolute atomic E-state index is 0.198. The zero-order valence-corrected chi connectivity index (χ0v) is 10.6. The van der Waals surface area contributed by atoms with E-state index in [4.69, 9.17) is 17.3 Å².